The molecule has 0 unspecified atom stereocenters. The van der Waals surface area contributed by atoms with Gasteiger partial charge in [-0.05, 0) is 49.9 Å². The molecule has 3 heterocycles. The number of nitrogens with one attached hydrogen (secondary N) is 1. The smallest absolute Gasteiger partial charge is 0.277 e. The second-order valence-corrected chi connectivity index (χ2v) is 7.13. The van der Waals surface area contributed by atoms with Gasteiger partial charge in [-0.1, -0.05) is 5.21 Å². The Balaban J connectivity index is 1.42. The summed E-state index contributed by atoms with van der Waals surface area (Å²) in [5.41, 5.74) is 2.11. The minimum absolute atomic E-state index is 0.164. The molecule has 8 nitrogen and oxygen atoms in total. The van der Waals surface area contributed by atoms with Gasteiger partial charge >= 0.3 is 0 Å². The predicted octanol–water partition coefficient (Wildman–Crippen LogP) is 2.11. The SMILES string of the molecule is Cc1cc(F)ccc1-n1cc(C(=O)Nc2ccc(N3CCN(C)CC3)nc2)nn1. The van der Waals surface area contributed by atoms with E-state index in [1.54, 1.807) is 19.2 Å². The Hall–Kier alpha value is -3.33. The number of rotatable bonds is 4. The molecule has 29 heavy (non-hydrogen) atoms. The molecule has 1 aromatic carbocycles. The number of amides is 1. The summed E-state index contributed by atoms with van der Waals surface area (Å²) in [4.78, 5) is 21.5. The van der Waals surface area contributed by atoms with Gasteiger partial charge in [0, 0.05) is 26.2 Å². The summed E-state index contributed by atoms with van der Waals surface area (Å²) in [7, 11) is 2.11. The molecule has 0 saturated carbocycles. The lowest BCUT2D eigenvalue weighted by Crippen LogP contribution is -2.44. The highest BCUT2D eigenvalue weighted by Gasteiger charge is 2.16. The fourth-order valence-electron chi connectivity index (χ4n) is 3.24. The molecule has 3 aromatic rings. The average molecular weight is 395 g/mol. The van der Waals surface area contributed by atoms with Crippen LogP contribution in [0.3, 0.4) is 0 Å². The highest BCUT2D eigenvalue weighted by Crippen LogP contribution is 2.17. The van der Waals surface area contributed by atoms with Crippen molar-refractivity contribution in [3.05, 3.63) is 59.8 Å². The van der Waals surface area contributed by atoms with E-state index in [4.69, 9.17) is 0 Å². The van der Waals surface area contributed by atoms with Gasteiger partial charge in [-0.3, -0.25) is 4.79 Å². The third kappa shape index (κ3) is 4.24. The summed E-state index contributed by atoms with van der Waals surface area (Å²) < 4.78 is 14.7. The average Bonchev–Trinajstić information content (AvgIpc) is 3.19. The summed E-state index contributed by atoms with van der Waals surface area (Å²) in [6.07, 6.45) is 3.15. The summed E-state index contributed by atoms with van der Waals surface area (Å²) in [5, 5.41) is 10.7. The maximum atomic E-state index is 13.3. The zero-order valence-electron chi connectivity index (χ0n) is 16.3. The monoisotopic (exact) mass is 395 g/mol. The quantitative estimate of drug-likeness (QED) is 0.729. The van der Waals surface area contributed by atoms with Crippen LogP contribution in [0, 0.1) is 12.7 Å². The van der Waals surface area contributed by atoms with Crippen molar-refractivity contribution in [1.29, 1.82) is 0 Å². The number of anilines is 2. The first-order chi connectivity index (χ1) is 14.0. The largest absolute Gasteiger partial charge is 0.354 e. The second-order valence-electron chi connectivity index (χ2n) is 7.13. The first-order valence-electron chi connectivity index (χ1n) is 9.39. The van der Waals surface area contributed by atoms with Crippen LogP contribution < -0.4 is 10.2 Å². The number of benzene rings is 1. The zero-order valence-corrected chi connectivity index (χ0v) is 16.3. The lowest BCUT2D eigenvalue weighted by atomic mass is 10.2. The summed E-state index contributed by atoms with van der Waals surface area (Å²) in [5.74, 6) is 0.191. The van der Waals surface area contributed by atoms with Crippen molar-refractivity contribution in [3.8, 4) is 5.69 Å². The number of halogens is 1. The maximum absolute atomic E-state index is 13.3. The molecule has 1 N–H and O–H groups in total. The molecule has 9 heteroatoms. The number of hydrogen-bond donors (Lipinski definition) is 1. The molecule has 4 rings (SSSR count). The van der Waals surface area contributed by atoms with Crippen molar-refractivity contribution in [3.63, 3.8) is 0 Å². The van der Waals surface area contributed by atoms with E-state index in [0.717, 1.165) is 32.0 Å². The highest BCUT2D eigenvalue weighted by molar-refractivity contribution is 6.02. The van der Waals surface area contributed by atoms with Gasteiger partial charge in [-0.25, -0.2) is 14.1 Å². The van der Waals surface area contributed by atoms with E-state index in [-0.39, 0.29) is 17.4 Å². The number of hydrogen-bond acceptors (Lipinski definition) is 6. The molecule has 1 aliphatic rings. The molecule has 2 aromatic heterocycles. The Morgan fingerprint density at radius 2 is 1.93 bits per heavy atom. The van der Waals surface area contributed by atoms with Crippen LogP contribution in [0.15, 0.2) is 42.7 Å². The van der Waals surface area contributed by atoms with Crippen LogP contribution in [0.25, 0.3) is 5.69 Å². The first-order valence-corrected chi connectivity index (χ1v) is 9.39. The topological polar surface area (TPSA) is 79.2 Å². The third-order valence-electron chi connectivity index (χ3n) is 4.96. The highest BCUT2D eigenvalue weighted by atomic mass is 19.1. The van der Waals surface area contributed by atoms with Crippen LogP contribution in [-0.2, 0) is 0 Å². The third-order valence-corrected chi connectivity index (χ3v) is 4.96. The van der Waals surface area contributed by atoms with Crippen molar-refractivity contribution in [1.82, 2.24) is 24.9 Å². The molecule has 1 fully saturated rings. The van der Waals surface area contributed by atoms with Gasteiger partial charge in [0.15, 0.2) is 5.69 Å². The summed E-state index contributed by atoms with van der Waals surface area (Å²) in [6.45, 7) is 5.64. The molecule has 0 bridgehead atoms. The van der Waals surface area contributed by atoms with Crippen molar-refractivity contribution >= 4 is 17.4 Å². The molecule has 0 atom stereocenters. The Kier molecular flexibility index (Phi) is 5.22. The molecule has 1 amide bonds. The fraction of sp³-hybridized carbons (Fsp3) is 0.300. The van der Waals surface area contributed by atoms with Crippen molar-refractivity contribution < 1.29 is 9.18 Å². The standard InChI is InChI=1S/C20H22FN7O/c1-14-11-15(21)3-5-18(14)28-13-17(24-25-28)20(29)23-16-4-6-19(22-12-16)27-9-7-26(2)8-10-27/h3-6,11-13H,7-10H2,1-2H3,(H,23,29). The number of likely N-dealkylation sites (N-methyl/N-ethyl adjacent to an activating group) is 1. The Bertz CT molecular complexity index is 1010. The Morgan fingerprint density at radius 1 is 1.14 bits per heavy atom. The molecule has 0 spiro atoms. The molecular formula is C20H22FN7O. The van der Waals surface area contributed by atoms with Crippen LogP contribution in [0.1, 0.15) is 16.1 Å². The van der Waals surface area contributed by atoms with E-state index >= 15 is 0 Å². The van der Waals surface area contributed by atoms with E-state index in [1.807, 2.05) is 12.1 Å². The minimum Gasteiger partial charge on any atom is -0.354 e. The maximum Gasteiger partial charge on any atom is 0.277 e. The number of carbonyl (C=O) groups is 1. The van der Waals surface area contributed by atoms with Crippen LogP contribution in [0.4, 0.5) is 15.9 Å². The molecule has 1 aliphatic heterocycles. The predicted molar refractivity (Wildman–Crippen MR) is 108 cm³/mol. The van der Waals surface area contributed by atoms with Crippen molar-refractivity contribution in [2.45, 2.75) is 6.92 Å². The van der Waals surface area contributed by atoms with Gasteiger partial charge in [0.2, 0.25) is 0 Å². The number of carbonyl (C=O) groups excluding carboxylic acids is 1. The number of aryl methyl sites for hydroxylation is 1. The molecule has 0 radical (unpaired) electrons. The molecular weight excluding hydrogens is 373 g/mol. The van der Waals surface area contributed by atoms with E-state index in [0.29, 0.717) is 16.9 Å². The van der Waals surface area contributed by atoms with E-state index < -0.39 is 0 Å². The summed E-state index contributed by atoms with van der Waals surface area (Å²) >= 11 is 0. The Labute approximate surface area is 168 Å². The van der Waals surface area contributed by atoms with Gasteiger partial charge in [0.25, 0.3) is 5.91 Å². The number of aromatic nitrogens is 4. The zero-order chi connectivity index (χ0) is 20.4. The van der Waals surface area contributed by atoms with Gasteiger partial charge in [-0.15, -0.1) is 5.10 Å². The lowest BCUT2D eigenvalue weighted by Gasteiger charge is -2.33. The number of piperazine rings is 1. The van der Waals surface area contributed by atoms with Crippen molar-refractivity contribution in [2.24, 2.45) is 0 Å². The van der Waals surface area contributed by atoms with Gasteiger partial charge in [0.05, 0.1) is 23.8 Å². The van der Waals surface area contributed by atoms with Crippen LogP contribution in [0.5, 0.6) is 0 Å². The van der Waals surface area contributed by atoms with E-state index in [2.05, 4.69) is 37.5 Å². The van der Waals surface area contributed by atoms with E-state index in [1.165, 1.54) is 23.0 Å². The first kappa shape index (κ1) is 19.0. The van der Waals surface area contributed by atoms with Crippen LogP contribution >= 0.6 is 0 Å². The van der Waals surface area contributed by atoms with E-state index in [9.17, 15) is 9.18 Å². The minimum atomic E-state index is -0.384. The normalized spacial score (nSPS) is 14.8. The molecule has 1 saturated heterocycles. The molecule has 150 valence electrons. The fourth-order valence-corrected chi connectivity index (χ4v) is 3.24. The second kappa shape index (κ2) is 7.96. The number of nitrogens with zero attached hydrogens (tertiary/aromatic N) is 6. The van der Waals surface area contributed by atoms with Crippen molar-refractivity contribution in [2.75, 3.05) is 43.4 Å². The summed E-state index contributed by atoms with van der Waals surface area (Å²) in [6, 6.07) is 8.08. The van der Waals surface area contributed by atoms with Crippen LogP contribution in [-0.4, -0.2) is 64.0 Å². The van der Waals surface area contributed by atoms with Gasteiger partial charge < -0.3 is 15.1 Å². The lowest BCUT2D eigenvalue weighted by molar-refractivity contribution is 0.102. The van der Waals surface area contributed by atoms with Gasteiger partial charge in [-0.2, -0.15) is 0 Å². The van der Waals surface area contributed by atoms with Crippen LogP contribution in [0.2, 0.25) is 0 Å². The van der Waals surface area contributed by atoms with Gasteiger partial charge in [0.1, 0.15) is 11.6 Å². The Morgan fingerprint density at radius 3 is 2.62 bits per heavy atom. The number of pyridine rings is 1. The molecule has 0 aliphatic carbocycles.